The summed E-state index contributed by atoms with van der Waals surface area (Å²) in [5.41, 5.74) is 4.46. The van der Waals surface area contributed by atoms with Gasteiger partial charge >= 0.3 is 0 Å². The van der Waals surface area contributed by atoms with Crippen LogP contribution < -0.4 is 5.43 Å². The van der Waals surface area contributed by atoms with Crippen molar-refractivity contribution in [3.63, 3.8) is 0 Å². The number of nitrogens with one attached hydrogen (secondary N) is 1. The van der Waals surface area contributed by atoms with E-state index in [4.69, 9.17) is 0 Å². The lowest BCUT2D eigenvalue weighted by Crippen LogP contribution is -2.44. The zero-order chi connectivity index (χ0) is 18.4. The van der Waals surface area contributed by atoms with Gasteiger partial charge in [-0.3, -0.25) is 4.79 Å². The quantitative estimate of drug-likeness (QED) is 0.622. The van der Waals surface area contributed by atoms with Crippen molar-refractivity contribution in [3.05, 3.63) is 29.8 Å². The van der Waals surface area contributed by atoms with Crippen LogP contribution in [0.2, 0.25) is 0 Å². The fourth-order valence-electron chi connectivity index (χ4n) is 2.89. The highest BCUT2D eigenvalue weighted by molar-refractivity contribution is 7.89. The van der Waals surface area contributed by atoms with E-state index in [2.05, 4.69) is 17.5 Å². The van der Waals surface area contributed by atoms with E-state index in [-0.39, 0.29) is 23.3 Å². The van der Waals surface area contributed by atoms with Crippen LogP contribution in [0.4, 0.5) is 0 Å². The predicted molar refractivity (Wildman–Crippen MR) is 98.8 cm³/mol. The third-order valence-electron chi connectivity index (χ3n) is 4.38. The summed E-state index contributed by atoms with van der Waals surface area (Å²) in [4.78, 5) is 12.6. The van der Waals surface area contributed by atoms with Crippen molar-refractivity contribution in [2.24, 2.45) is 11.0 Å². The molecule has 6 nitrogen and oxygen atoms in total. The Bertz CT molecular complexity index is 726. The van der Waals surface area contributed by atoms with Crippen molar-refractivity contribution >= 4 is 21.6 Å². The lowest BCUT2D eigenvalue weighted by molar-refractivity contribution is -0.126. The molecule has 1 N–H and O–H groups in total. The minimum atomic E-state index is -3.57. The van der Waals surface area contributed by atoms with Crippen molar-refractivity contribution in [2.45, 2.75) is 51.3 Å². The number of rotatable bonds is 6. The maximum Gasteiger partial charge on any atom is 0.244 e. The number of sulfonamides is 1. The van der Waals surface area contributed by atoms with Gasteiger partial charge in [-0.05, 0) is 45.2 Å². The Kier molecular flexibility index (Phi) is 6.72. The topological polar surface area (TPSA) is 78.8 Å². The Morgan fingerprint density at radius 1 is 1.32 bits per heavy atom. The number of hydrogen-bond acceptors (Lipinski definition) is 4. The molecule has 1 fully saturated rings. The second kappa shape index (κ2) is 8.58. The minimum Gasteiger partial charge on any atom is -0.273 e. The van der Waals surface area contributed by atoms with Gasteiger partial charge in [0.25, 0.3) is 0 Å². The first-order chi connectivity index (χ1) is 11.8. The third kappa shape index (κ3) is 5.12. The number of carbonyl (C=O) groups excluding carboxylic acids is 1. The van der Waals surface area contributed by atoms with E-state index in [0.717, 1.165) is 24.1 Å². The number of nitrogens with zero attached hydrogens (tertiary/aromatic N) is 2. The van der Waals surface area contributed by atoms with Gasteiger partial charge in [0.1, 0.15) is 0 Å². The van der Waals surface area contributed by atoms with E-state index in [1.807, 2.05) is 13.8 Å². The van der Waals surface area contributed by atoms with Gasteiger partial charge in [-0.2, -0.15) is 9.41 Å². The van der Waals surface area contributed by atoms with Crippen molar-refractivity contribution in [3.8, 4) is 0 Å². The SMILES string of the molecule is CCC/C(C)=N\NC(=O)[C@H]1CCCN(S(=O)(=O)c2ccc(C)cc2)C1. The first-order valence-corrected chi connectivity index (χ1v) is 10.2. The standard InChI is InChI=1S/C18H27N3O3S/c1-4-6-15(3)19-20-18(22)16-7-5-12-21(13-16)25(23,24)17-10-8-14(2)9-11-17/h8-11,16H,4-7,12-13H2,1-3H3,(H,20,22)/b19-15-/t16-/m0/s1. The van der Waals surface area contributed by atoms with Crippen LogP contribution in [-0.4, -0.2) is 37.4 Å². The van der Waals surface area contributed by atoms with Crippen molar-refractivity contribution in [2.75, 3.05) is 13.1 Å². The number of amides is 1. The Morgan fingerprint density at radius 2 is 2.00 bits per heavy atom. The van der Waals surface area contributed by atoms with E-state index in [1.54, 1.807) is 24.3 Å². The molecule has 1 aliphatic rings. The highest BCUT2D eigenvalue weighted by Crippen LogP contribution is 2.24. The smallest absolute Gasteiger partial charge is 0.244 e. The number of hydrazone groups is 1. The largest absolute Gasteiger partial charge is 0.273 e. The van der Waals surface area contributed by atoms with Crippen LogP contribution in [0.3, 0.4) is 0 Å². The molecule has 0 aromatic heterocycles. The fraction of sp³-hybridized carbons (Fsp3) is 0.556. The zero-order valence-electron chi connectivity index (χ0n) is 15.2. The molecule has 7 heteroatoms. The Hall–Kier alpha value is -1.73. The lowest BCUT2D eigenvalue weighted by Gasteiger charge is -2.30. The van der Waals surface area contributed by atoms with E-state index in [9.17, 15) is 13.2 Å². The van der Waals surface area contributed by atoms with Gasteiger partial charge < -0.3 is 0 Å². The van der Waals surface area contributed by atoms with Crippen LogP contribution in [0.5, 0.6) is 0 Å². The highest BCUT2D eigenvalue weighted by atomic mass is 32.2. The number of piperidine rings is 1. The predicted octanol–water partition coefficient (Wildman–Crippen LogP) is 2.69. The van der Waals surface area contributed by atoms with Crippen molar-refractivity contribution in [1.82, 2.24) is 9.73 Å². The molecule has 0 saturated carbocycles. The second-order valence-corrected chi connectivity index (χ2v) is 8.53. The summed E-state index contributed by atoms with van der Waals surface area (Å²) < 4.78 is 27.0. The fourth-order valence-corrected chi connectivity index (χ4v) is 4.42. The average Bonchev–Trinajstić information content (AvgIpc) is 2.60. The summed E-state index contributed by atoms with van der Waals surface area (Å²) in [7, 11) is -3.57. The summed E-state index contributed by atoms with van der Waals surface area (Å²) in [6, 6.07) is 6.80. The molecule has 0 radical (unpaired) electrons. The molecule has 1 saturated heterocycles. The van der Waals surface area contributed by atoms with Crippen LogP contribution in [0.1, 0.15) is 45.1 Å². The molecule has 0 bridgehead atoms. The summed E-state index contributed by atoms with van der Waals surface area (Å²) in [6.07, 6.45) is 3.14. The molecule has 25 heavy (non-hydrogen) atoms. The van der Waals surface area contributed by atoms with E-state index in [0.29, 0.717) is 19.4 Å². The Morgan fingerprint density at radius 3 is 2.64 bits per heavy atom. The molecular formula is C18H27N3O3S. The van der Waals surface area contributed by atoms with Gasteiger partial charge in [-0.1, -0.05) is 31.0 Å². The third-order valence-corrected chi connectivity index (χ3v) is 6.26. The van der Waals surface area contributed by atoms with Gasteiger partial charge in [-0.15, -0.1) is 0 Å². The number of carbonyl (C=O) groups is 1. The molecule has 0 spiro atoms. The number of benzene rings is 1. The highest BCUT2D eigenvalue weighted by Gasteiger charge is 2.33. The summed E-state index contributed by atoms with van der Waals surface area (Å²) in [5, 5.41) is 4.09. The molecule has 0 aliphatic carbocycles. The van der Waals surface area contributed by atoms with Crippen LogP contribution in [0.15, 0.2) is 34.3 Å². The molecule has 138 valence electrons. The van der Waals surface area contributed by atoms with Gasteiger partial charge in [0, 0.05) is 18.8 Å². The van der Waals surface area contributed by atoms with E-state index < -0.39 is 10.0 Å². The Balaban J connectivity index is 2.06. The molecule has 1 amide bonds. The van der Waals surface area contributed by atoms with Crippen LogP contribution >= 0.6 is 0 Å². The van der Waals surface area contributed by atoms with Crippen LogP contribution in [0, 0.1) is 12.8 Å². The van der Waals surface area contributed by atoms with Gasteiger partial charge in [-0.25, -0.2) is 13.8 Å². The molecule has 1 heterocycles. The maximum absolute atomic E-state index is 12.8. The summed E-state index contributed by atoms with van der Waals surface area (Å²) >= 11 is 0. The first-order valence-electron chi connectivity index (χ1n) is 8.74. The van der Waals surface area contributed by atoms with E-state index >= 15 is 0 Å². The molecule has 1 aromatic carbocycles. The molecule has 1 aromatic rings. The average molecular weight is 365 g/mol. The second-order valence-electron chi connectivity index (χ2n) is 6.59. The summed E-state index contributed by atoms with van der Waals surface area (Å²) in [5.74, 6) is -0.577. The molecule has 1 aliphatic heterocycles. The molecule has 1 atom stereocenters. The lowest BCUT2D eigenvalue weighted by atomic mass is 9.99. The van der Waals surface area contributed by atoms with Gasteiger partial charge in [0.05, 0.1) is 10.8 Å². The number of aryl methyl sites for hydroxylation is 1. The first kappa shape index (κ1) is 19.6. The van der Waals surface area contributed by atoms with Crippen molar-refractivity contribution in [1.29, 1.82) is 0 Å². The van der Waals surface area contributed by atoms with Gasteiger partial charge in [0.2, 0.25) is 15.9 Å². The molecular weight excluding hydrogens is 338 g/mol. The normalized spacial score (nSPS) is 19.6. The summed E-state index contributed by atoms with van der Waals surface area (Å²) in [6.45, 7) is 6.48. The van der Waals surface area contributed by atoms with Gasteiger partial charge in [0.15, 0.2) is 0 Å². The molecule has 0 unspecified atom stereocenters. The minimum absolute atomic E-state index is 0.199. The van der Waals surface area contributed by atoms with Crippen LogP contribution in [0.25, 0.3) is 0 Å². The monoisotopic (exact) mass is 365 g/mol. The Labute approximate surface area is 150 Å². The zero-order valence-corrected chi connectivity index (χ0v) is 16.0. The van der Waals surface area contributed by atoms with Crippen molar-refractivity contribution < 1.29 is 13.2 Å². The maximum atomic E-state index is 12.8. The van der Waals surface area contributed by atoms with Crippen LogP contribution in [-0.2, 0) is 14.8 Å². The number of hydrogen-bond donors (Lipinski definition) is 1. The molecule has 2 rings (SSSR count). The van der Waals surface area contributed by atoms with E-state index in [1.165, 1.54) is 4.31 Å².